The number of amides is 2. The minimum absolute atomic E-state index is 0.187. The fourth-order valence-electron chi connectivity index (χ4n) is 2.72. The lowest BCUT2D eigenvalue weighted by atomic mass is 10.2. The molecule has 0 spiro atoms. The number of nitrogens with one attached hydrogen (secondary N) is 2. The van der Waals surface area contributed by atoms with Crippen molar-refractivity contribution in [2.45, 2.75) is 13.5 Å². The van der Waals surface area contributed by atoms with Gasteiger partial charge in [-0.15, -0.1) is 0 Å². The predicted octanol–water partition coefficient (Wildman–Crippen LogP) is 3.46. The largest absolute Gasteiger partial charge is 0.497 e. The molecule has 0 fully saturated rings. The number of carbonyl (C=O) groups excluding carboxylic acids is 2. The fourth-order valence-corrected chi connectivity index (χ4v) is 2.72. The van der Waals surface area contributed by atoms with Crippen LogP contribution in [0.5, 0.6) is 11.5 Å². The summed E-state index contributed by atoms with van der Waals surface area (Å²) in [4.78, 5) is 23.9. The Morgan fingerprint density at radius 3 is 2.22 bits per heavy atom. The molecular formula is C25H25N3O4. The van der Waals surface area contributed by atoms with E-state index in [1.807, 2.05) is 43.3 Å². The first-order valence-corrected chi connectivity index (χ1v) is 10.1. The van der Waals surface area contributed by atoms with Gasteiger partial charge in [-0.25, -0.2) is 5.43 Å². The van der Waals surface area contributed by atoms with Crippen LogP contribution in [0, 0.1) is 6.92 Å². The molecule has 164 valence electrons. The van der Waals surface area contributed by atoms with Crippen molar-refractivity contribution >= 4 is 18.0 Å². The number of benzene rings is 3. The maximum absolute atomic E-state index is 12.1. The SMILES string of the molecule is COc1ccc(C(=O)NCC(=O)N/N=C/c2ccc(OCc3ccc(C)cc3)cc2)cc1. The van der Waals surface area contributed by atoms with Gasteiger partial charge in [-0.1, -0.05) is 29.8 Å². The lowest BCUT2D eigenvalue weighted by molar-refractivity contribution is -0.120. The lowest BCUT2D eigenvalue weighted by Crippen LogP contribution is -2.34. The van der Waals surface area contributed by atoms with E-state index in [4.69, 9.17) is 9.47 Å². The number of hydrazone groups is 1. The highest BCUT2D eigenvalue weighted by Gasteiger charge is 2.07. The van der Waals surface area contributed by atoms with Gasteiger partial charge in [0.15, 0.2) is 0 Å². The number of methoxy groups -OCH3 is 1. The number of rotatable bonds is 9. The topological polar surface area (TPSA) is 89.0 Å². The average molecular weight is 431 g/mol. The summed E-state index contributed by atoms with van der Waals surface area (Å²) in [6.07, 6.45) is 1.52. The molecule has 0 aromatic heterocycles. The molecule has 3 aromatic carbocycles. The quantitative estimate of drug-likeness (QED) is 0.401. The minimum atomic E-state index is -0.429. The van der Waals surface area contributed by atoms with Gasteiger partial charge in [0.1, 0.15) is 18.1 Å². The van der Waals surface area contributed by atoms with Crippen LogP contribution in [0.25, 0.3) is 0 Å². The summed E-state index contributed by atoms with van der Waals surface area (Å²) in [6.45, 7) is 2.35. The number of aryl methyl sites for hydroxylation is 1. The summed E-state index contributed by atoms with van der Waals surface area (Å²) in [7, 11) is 1.55. The molecular weight excluding hydrogens is 406 g/mol. The predicted molar refractivity (Wildman–Crippen MR) is 123 cm³/mol. The maximum atomic E-state index is 12.1. The van der Waals surface area contributed by atoms with Crippen LogP contribution >= 0.6 is 0 Å². The van der Waals surface area contributed by atoms with Gasteiger partial charge in [0.05, 0.1) is 19.9 Å². The molecule has 2 N–H and O–H groups in total. The van der Waals surface area contributed by atoms with Crippen molar-refractivity contribution in [2.24, 2.45) is 5.10 Å². The molecule has 3 rings (SSSR count). The summed E-state index contributed by atoms with van der Waals surface area (Å²) in [5.74, 6) is 0.613. The van der Waals surface area contributed by atoms with Crippen LogP contribution in [0.15, 0.2) is 77.9 Å². The van der Waals surface area contributed by atoms with Crippen LogP contribution in [0.3, 0.4) is 0 Å². The second-order valence-electron chi connectivity index (χ2n) is 7.05. The summed E-state index contributed by atoms with van der Waals surface area (Å²) >= 11 is 0. The van der Waals surface area contributed by atoms with Gasteiger partial charge in [-0.05, 0) is 66.6 Å². The van der Waals surface area contributed by atoms with Gasteiger partial charge in [-0.2, -0.15) is 5.10 Å². The molecule has 0 saturated heterocycles. The Kier molecular flexibility index (Phi) is 7.97. The van der Waals surface area contributed by atoms with Crippen molar-refractivity contribution in [3.05, 3.63) is 95.1 Å². The molecule has 7 heteroatoms. The van der Waals surface area contributed by atoms with E-state index in [0.29, 0.717) is 17.9 Å². The second kappa shape index (κ2) is 11.3. The van der Waals surface area contributed by atoms with Crippen molar-refractivity contribution in [3.8, 4) is 11.5 Å². The van der Waals surface area contributed by atoms with E-state index >= 15 is 0 Å². The maximum Gasteiger partial charge on any atom is 0.259 e. The zero-order chi connectivity index (χ0) is 22.8. The molecule has 0 bridgehead atoms. The van der Waals surface area contributed by atoms with E-state index in [1.165, 1.54) is 11.8 Å². The second-order valence-corrected chi connectivity index (χ2v) is 7.05. The lowest BCUT2D eigenvalue weighted by Gasteiger charge is -2.07. The van der Waals surface area contributed by atoms with Crippen LogP contribution in [0.4, 0.5) is 0 Å². The van der Waals surface area contributed by atoms with Crippen molar-refractivity contribution in [1.29, 1.82) is 0 Å². The van der Waals surface area contributed by atoms with E-state index < -0.39 is 5.91 Å². The van der Waals surface area contributed by atoms with E-state index in [9.17, 15) is 9.59 Å². The molecule has 7 nitrogen and oxygen atoms in total. The van der Waals surface area contributed by atoms with Gasteiger partial charge in [0.25, 0.3) is 11.8 Å². The molecule has 0 aliphatic carbocycles. The van der Waals surface area contributed by atoms with Crippen LogP contribution in [0.2, 0.25) is 0 Å². The Morgan fingerprint density at radius 2 is 1.56 bits per heavy atom. The summed E-state index contributed by atoms with van der Waals surface area (Å²) in [5, 5.41) is 6.45. The first kappa shape index (κ1) is 22.6. The van der Waals surface area contributed by atoms with E-state index in [1.54, 1.807) is 31.4 Å². The van der Waals surface area contributed by atoms with Gasteiger partial charge < -0.3 is 14.8 Å². The van der Waals surface area contributed by atoms with Gasteiger partial charge in [-0.3, -0.25) is 9.59 Å². The molecule has 0 aliphatic rings. The third-order valence-corrected chi connectivity index (χ3v) is 4.57. The standard InChI is InChI=1S/C25H25N3O4/c1-18-3-5-20(6-4-18)17-32-23-11-7-19(8-12-23)15-27-28-24(29)16-26-25(30)21-9-13-22(31-2)14-10-21/h3-15H,16-17H2,1-2H3,(H,26,30)(H,28,29)/b27-15+. The third-order valence-electron chi connectivity index (χ3n) is 4.57. The Labute approximate surface area is 187 Å². The number of hydrogen-bond acceptors (Lipinski definition) is 5. The van der Waals surface area contributed by atoms with E-state index in [0.717, 1.165) is 16.9 Å². The molecule has 0 aliphatic heterocycles. The Morgan fingerprint density at radius 1 is 0.906 bits per heavy atom. The number of ether oxygens (including phenoxy) is 2. The van der Waals surface area contributed by atoms with Crippen molar-refractivity contribution in [3.63, 3.8) is 0 Å². The van der Waals surface area contributed by atoms with Crippen molar-refractivity contribution < 1.29 is 19.1 Å². The van der Waals surface area contributed by atoms with Gasteiger partial charge >= 0.3 is 0 Å². The molecule has 0 heterocycles. The Bertz CT molecular complexity index is 1060. The highest BCUT2D eigenvalue weighted by atomic mass is 16.5. The molecule has 0 radical (unpaired) electrons. The number of nitrogens with zero attached hydrogens (tertiary/aromatic N) is 1. The summed E-state index contributed by atoms with van der Waals surface area (Å²) in [6, 6.07) is 22.1. The smallest absolute Gasteiger partial charge is 0.259 e. The van der Waals surface area contributed by atoms with Crippen LogP contribution in [0.1, 0.15) is 27.0 Å². The molecule has 32 heavy (non-hydrogen) atoms. The fraction of sp³-hybridized carbons (Fsp3) is 0.160. The summed E-state index contributed by atoms with van der Waals surface area (Å²) in [5.41, 5.74) is 5.94. The van der Waals surface area contributed by atoms with Crippen LogP contribution in [-0.2, 0) is 11.4 Å². The molecule has 0 saturated carbocycles. The molecule has 0 unspecified atom stereocenters. The third kappa shape index (κ3) is 6.98. The van der Waals surface area contributed by atoms with Crippen LogP contribution < -0.4 is 20.2 Å². The van der Waals surface area contributed by atoms with Crippen molar-refractivity contribution in [1.82, 2.24) is 10.7 Å². The monoisotopic (exact) mass is 431 g/mol. The van der Waals surface area contributed by atoms with Crippen molar-refractivity contribution in [2.75, 3.05) is 13.7 Å². The first-order chi connectivity index (χ1) is 15.5. The summed E-state index contributed by atoms with van der Waals surface area (Å²) < 4.78 is 10.8. The zero-order valence-corrected chi connectivity index (χ0v) is 18.0. The average Bonchev–Trinajstić information content (AvgIpc) is 2.83. The molecule has 3 aromatic rings. The van der Waals surface area contributed by atoms with Gasteiger partial charge in [0, 0.05) is 5.56 Å². The van der Waals surface area contributed by atoms with Gasteiger partial charge in [0.2, 0.25) is 0 Å². The highest BCUT2D eigenvalue weighted by Crippen LogP contribution is 2.14. The minimum Gasteiger partial charge on any atom is -0.497 e. The highest BCUT2D eigenvalue weighted by molar-refractivity contribution is 5.96. The Balaban J connectivity index is 1.40. The molecule has 0 atom stereocenters. The van der Waals surface area contributed by atoms with Crippen LogP contribution in [-0.4, -0.2) is 31.7 Å². The number of hydrogen-bond donors (Lipinski definition) is 2. The first-order valence-electron chi connectivity index (χ1n) is 10.1. The Hall–Kier alpha value is -4.13. The zero-order valence-electron chi connectivity index (χ0n) is 18.0. The van der Waals surface area contributed by atoms with E-state index in [2.05, 4.69) is 28.0 Å². The number of carbonyl (C=O) groups is 2. The molecule has 2 amide bonds. The van der Waals surface area contributed by atoms with E-state index in [-0.39, 0.29) is 12.5 Å². The normalized spacial score (nSPS) is 10.6.